The van der Waals surface area contributed by atoms with Crippen molar-refractivity contribution in [3.05, 3.63) is 53.0 Å². The van der Waals surface area contributed by atoms with Crippen molar-refractivity contribution in [1.29, 1.82) is 0 Å². The summed E-state index contributed by atoms with van der Waals surface area (Å²) in [6, 6.07) is 12.7. The van der Waals surface area contributed by atoms with E-state index in [2.05, 4.69) is 26.0 Å². The Kier molecular flexibility index (Phi) is 5.84. The molecular weight excluding hydrogens is 396 g/mol. The fourth-order valence-corrected chi connectivity index (χ4v) is 3.37. The number of anilines is 1. The van der Waals surface area contributed by atoms with Gasteiger partial charge in [0.1, 0.15) is 5.75 Å². The number of rotatable bonds is 6. The second-order valence-electron chi connectivity index (χ2n) is 4.96. The van der Waals surface area contributed by atoms with Crippen LogP contribution in [0.2, 0.25) is 0 Å². The lowest BCUT2D eigenvalue weighted by Gasteiger charge is -2.13. The molecule has 0 saturated heterocycles. The lowest BCUT2D eigenvalue weighted by atomic mass is 10.3. The Morgan fingerprint density at radius 3 is 2.42 bits per heavy atom. The number of nitrogens with one attached hydrogen (secondary N) is 2. The summed E-state index contributed by atoms with van der Waals surface area (Å²) in [5, 5.41) is 2.48. The largest absolute Gasteiger partial charge is 0.481 e. The van der Waals surface area contributed by atoms with E-state index >= 15 is 0 Å². The van der Waals surface area contributed by atoms with Crippen LogP contribution in [0, 0.1) is 0 Å². The molecule has 1 atom stereocenters. The first-order valence-electron chi connectivity index (χ1n) is 7.08. The summed E-state index contributed by atoms with van der Waals surface area (Å²) in [6.07, 6.45) is -0.669. The van der Waals surface area contributed by atoms with Crippen LogP contribution in [-0.4, -0.2) is 27.5 Å². The molecule has 0 unspecified atom stereocenters. The van der Waals surface area contributed by atoms with E-state index in [1.807, 2.05) is 0 Å². The smallest absolute Gasteiger partial charge is 0.261 e. The Hall–Kier alpha value is -2.06. The maximum atomic E-state index is 12.4. The number of sulfonamides is 1. The summed E-state index contributed by atoms with van der Waals surface area (Å²) in [5.41, 5.74) is 0.456. The molecule has 0 saturated carbocycles. The van der Waals surface area contributed by atoms with Crippen LogP contribution in [0.15, 0.2) is 57.9 Å². The highest BCUT2D eigenvalue weighted by Crippen LogP contribution is 2.22. The molecule has 24 heavy (non-hydrogen) atoms. The van der Waals surface area contributed by atoms with Crippen molar-refractivity contribution < 1.29 is 17.9 Å². The molecule has 0 heterocycles. The third kappa shape index (κ3) is 4.72. The van der Waals surface area contributed by atoms with Crippen molar-refractivity contribution in [2.24, 2.45) is 0 Å². The van der Waals surface area contributed by atoms with Crippen molar-refractivity contribution in [3.63, 3.8) is 0 Å². The van der Waals surface area contributed by atoms with E-state index in [4.69, 9.17) is 4.74 Å². The molecule has 8 heteroatoms. The third-order valence-corrected chi connectivity index (χ3v) is 5.03. The van der Waals surface area contributed by atoms with E-state index < -0.39 is 16.1 Å². The van der Waals surface area contributed by atoms with Gasteiger partial charge in [0.2, 0.25) is 0 Å². The molecule has 1 amide bonds. The van der Waals surface area contributed by atoms with Crippen LogP contribution >= 0.6 is 15.9 Å². The SMILES string of the molecule is CNC(=O)[C@@H](C)Oc1ccc(S(=O)(=O)Nc2cccc(Br)c2)cc1. The summed E-state index contributed by atoms with van der Waals surface area (Å²) in [7, 11) is -2.18. The third-order valence-electron chi connectivity index (χ3n) is 3.14. The molecule has 0 fully saturated rings. The molecule has 0 bridgehead atoms. The number of carbonyl (C=O) groups is 1. The quantitative estimate of drug-likeness (QED) is 0.763. The molecule has 2 aromatic rings. The molecule has 2 rings (SSSR count). The fourth-order valence-electron chi connectivity index (χ4n) is 1.92. The van der Waals surface area contributed by atoms with Gasteiger partial charge in [0.15, 0.2) is 6.10 Å². The lowest BCUT2D eigenvalue weighted by Crippen LogP contribution is -2.33. The number of hydrogen-bond acceptors (Lipinski definition) is 4. The number of carbonyl (C=O) groups excluding carboxylic acids is 1. The highest BCUT2D eigenvalue weighted by Gasteiger charge is 2.16. The zero-order chi connectivity index (χ0) is 17.7. The van der Waals surface area contributed by atoms with Gasteiger partial charge in [0.05, 0.1) is 4.90 Å². The van der Waals surface area contributed by atoms with Gasteiger partial charge in [0.25, 0.3) is 15.9 Å². The number of ether oxygens (including phenoxy) is 1. The molecule has 0 radical (unpaired) electrons. The molecule has 0 spiro atoms. The number of benzene rings is 2. The van der Waals surface area contributed by atoms with Crippen LogP contribution in [0.3, 0.4) is 0 Å². The van der Waals surface area contributed by atoms with Gasteiger partial charge in [-0.2, -0.15) is 0 Å². The zero-order valence-corrected chi connectivity index (χ0v) is 15.5. The van der Waals surface area contributed by atoms with Gasteiger partial charge in [-0.1, -0.05) is 22.0 Å². The van der Waals surface area contributed by atoms with Crippen LogP contribution in [-0.2, 0) is 14.8 Å². The van der Waals surface area contributed by atoms with Crippen LogP contribution in [0.4, 0.5) is 5.69 Å². The van der Waals surface area contributed by atoms with E-state index in [1.165, 1.54) is 31.3 Å². The Morgan fingerprint density at radius 1 is 1.17 bits per heavy atom. The summed E-state index contributed by atoms with van der Waals surface area (Å²) in [4.78, 5) is 11.5. The molecule has 2 N–H and O–H groups in total. The van der Waals surface area contributed by atoms with Gasteiger partial charge < -0.3 is 10.1 Å². The normalized spacial score (nSPS) is 12.3. The van der Waals surface area contributed by atoms with Crippen LogP contribution < -0.4 is 14.8 Å². The molecule has 0 aromatic heterocycles. The van der Waals surface area contributed by atoms with Crippen LogP contribution in [0.25, 0.3) is 0 Å². The molecule has 6 nitrogen and oxygen atoms in total. The van der Waals surface area contributed by atoms with Crippen molar-refractivity contribution in [2.75, 3.05) is 11.8 Å². The highest BCUT2D eigenvalue weighted by molar-refractivity contribution is 9.10. The van der Waals surface area contributed by atoms with Crippen LogP contribution in [0.5, 0.6) is 5.75 Å². The van der Waals surface area contributed by atoms with Crippen LogP contribution in [0.1, 0.15) is 6.92 Å². The Balaban J connectivity index is 2.13. The number of halogens is 1. The summed E-state index contributed by atoms with van der Waals surface area (Å²) in [6.45, 7) is 1.61. The topological polar surface area (TPSA) is 84.5 Å². The Morgan fingerprint density at radius 2 is 1.83 bits per heavy atom. The van der Waals surface area contributed by atoms with E-state index in [1.54, 1.807) is 31.2 Å². The van der Waals surface area contributed by atoms with Gasteiger partial charge >= 0.3 is 0 Å². The van der Waals surface area contributed by atoms with E-state index in [0.29, 0.717) is 11.4 Å². The van der Waals surface area contributed by atoms with Crippen molar-refractivity contribution in [3.8, 4) is 5.75 Å². The summed E-state index contributed by atoms with van der Waals surface area (Å²) >= 11 is 3.29. The minimum absolute atomic E-state index is 0.0995. The van der Waals surface area contributed by atoms with Crippen molar-refractivity contribution in [2.45, 2.75) is 17.9 Å². The molecular formula is C16H17BrN2O4S. The van der Waals surface area contributed by atoms with Crippen molar-refractivity contribution in [1.82, 2.24) is 5.32 Å². The van der Waals surface area contributed by atoms with Gasteiger partial charge in [-0.3, -0.25) is 9.52 Å². The van der Waals surface area contributed by atoms with Gasteiger partial charge in [0, 0.05) is 17.2 Å². The maximum Gasteiger partial charge on any atom is 0.261 e. The van der Waals surface area contributed by atoms with Crippen molar-refractivity contribution >= 4 is 37.5 Å². The molecule has 0 aliphatic heterocycles. The predicted octanol–water partition coefficient (Wildman–Crippen LogP) is 2.76. The first kappa shape index (κ1) is 18.3. The average molecular weight is 413 g/mol. The number of amides is 1. The number of hydrogen-bond donors (Lipinski definition) is 2. The predicted molar refractivity (Wildman–Crippen MR) is 95.5 cm³/mol. The first-order valence-corrected chi connectivity index (χ1v) is 9.36. The number of likely N-dealkylation sites (N-methyl/N-ethyl adjacent to an activating group) is 1. The first-order chi connectivity index (χ1) is 11.3. The summed E-state index contributed by atoms with van der Waals surface area (Å²) in [5.74, 6) is 0.149. The monoisotopic (exact) mass is 412 g/mol. The van der Waals surface area contributed by atoms with E-state index in [0.717, 1.165) is 4.47 Å². The summed E-state index contributed by atoms with van der Waals surface area (Å²) < 4.78 is 33.4. The van der Waals surface area contributed by atoms with Gasteiger partial charge in [-0.15, -0.1) is 0 Å². The average Bonchev–Trinajstić information content (AvgIpc) is 2.54. The second-order valence-corrected chi connectivity index (χ2v) is 7.56. The van der Waals surface area contributed by atoms with E-state index in [-0.39, 0.29) is 10.8 Å². The standard InChI is InChI=1S/C16H17BrN2O4S/c1-11(16(20)18-2)23-14-6-8-15(9-7-14)24(21,22)19-13-5-3-4-12(17)10-13/h3-11,19H,1-2H3,(H,18,20)/t11-/m1/s1. The Bertz CT molecular complexity index is 822. The maximum absolute atomic E-state index is 12.4. The van der Waals surface area contributed by atoms with Gasteiger partial charge in [-0.25, -0.2) is 8.42 Å². The molecule has 0 aliphatic carbocycles. The molecule has 2 aromatic carbocycles. The minimum Gasteiger partial charge on any atom is -0.481 e. The van der Waals surface area contributed by atoms with E-state index in [9.17, 15) is 13.2 Å². The second kappa shape index (κ2) is 7.67. The molecule has 128 valence electrons. The van der Waals surface area contributed by atoms with Gasteiger partial charge in [-0.05, 0) is 49.4 Å². The fraction of sp³-hybridized carbons (Fsp3) is 0.188. The lowest BCUT2D eigenvalue weighted by molar-refractivity contribution is -0.126. The Labute approximate surface area is 149 Å². The molecule has 0 aliphatic rings. The zero-order valence-electron chi connectivity index (χ0n) is 13.1. The highest BCUT2D eigenvalue weighted by atomic mass is 79.9. The minimum atomic E-state index is -3.70.